The van der Waals surface area contributed by atoms with Gasteiger partial charge in [-0.3, -0.25) is 4.79 Å². The highest BCUT2D eigenvalue weighted by molar-refractivity contribution is 14.1. The molecule has 0 aromatic carbocycles. The Kier molecular flexibility index (Phi) is 3.54. The average molecular weight is 320 g/mol. The first-order chi connectivity index (χ1) is 6.89. The summed E-state index contributed by atoms with van der Waals surface area (Å²) in [7, 11) is 1.37. The second-order valence-corrected chi connectivity index (χ2v) is 4.87. The van der Waals surface area contributed by atoms with Crippen LogP contribution in [0.5, 0.6) is 0 Å². The summed E-state index contributed by atoms with van der Waals surface area (Å²) in [5.41, 5.74) is 5.71. The molecule has 1 rings (SSSR count). The third-order valence-electron chi connectivity index (χ3n) is 2.29. The number of hydrogen-bond donors (Lipinski definition) is 1. The minimum absolute atomic E-state index is 0.287. The first-order valence-corrected chi connectivity index (χ1v) is 5.47. The van der Waals surface area contributed by atoms with E-state index in [0.717, 1.165) is 9.13 Å². The van der Waals surface area contributed by atoms with Crippen LogP contribution in [0.25, 0.3) is 0 Å². The molecule has 0 bridgehead atoms. The van der Waals surface area contributed by atoms with Crippen molar-refractivity contribution in [3.63, 3.8) is 0 Å². The van der Waals surface area contributed by atoms with Crippen LogP contribution in [-0.4, -0.2) is 18.1 Å². The summed E-state index contributed by atoms with van der Waals surface area (Å²) in [5, 5.41) is 0. The number of aromatic nitrogens is 1. The van der Waals surface area contributed by atoms with E-state index in [1.165, 1.54) is 7.11 Å². The molecule has 0 aliphatic carbocycles. The van der Waals surface area contributed by atoms with Gasteiger partial charge < -0.3 is 10.5 Å². The maximum absolute atomic E-state index is 11.5. The molecule has 1 aromatic rings. The fourth-order valence-electron chi connectivity index (χ4n) is 1.16. The van der Waals surface area contributed by atoms with Crippen molar-refractivity contribution >= 4 is 34.4 Å². The molecule has 1 heterocycles. The number of nitrogens with zero attached hydrogens (tertiary/aromatic N) is 1. The van der Waals surface area contributed by atoms with Gasteiger partial charge in [0.1, 0.15) is 5.82 Å². The lowest BCUT2D eigenvalue weighted by Crippen LogP contribution is -2.30. The van der Waals surface area contributed by atoms with Gasteiger partial charge in [-0.1, -0.05) is 0 Å². The van der Waals surface area contributed by atoms with E-state index in [1.807, 2.05) is 6.07 Å². The molecular weight excluding hydrogens is 307 g/mol. The summed E-state index contributed by atoms with van der Waals surface area (Å²) in [5.74, 6) is 0.185. The van der Waals surface area contributed by atoms with Crippen LogP contribution in [0.15, 0.2) is 12.3 Å². The van der Waals surface area contributed by atoms with Gasteiger partial charge in [0, 0.05) is 6.20 Å². The second kappa shape index (κ2) is 4.34. The lowest BCUT2D eigenvalue weighted by atomic mass is 9.86. The van der Waals surface area contributed by atoms with E-state index in [9.17, 15) is 4.79 Å². The molecule has 2 N–H and O–H groups in total. The first kappa shape index (κ1) is 12.2. The van der Waals surface area contributed by atoms with Crippen LogP contribution >= 0.6 is 22.6 Å². The molecule has 15 heavy (non-hydrogen) atoms. The molecule has 82 valence electrons. The number of anilines is 1. The molecule has 0 atom stereocenters. The summed E-state index contributed by atoms with van der Waals surface area (Å²) in [4.78, 5) is 15.6. The molecule has 0 amide bonds. The molecule has 0 unspecified atom stereocenters. The molecule has 0 fully saturated rings. The van der Waals surface area contributed by atoms with Gasteiger partial charge in [-0.15, -0.1) is 0 Å². The summed E-state index contributed by atoms with van der Waals surface area (Å²) in [6.07, 6.45) is 1.61. The van der Waals surface area contributed by atoms with Crippen molar-refractivity contribution < 1.29 is 9.53 Å². The third-order valence-corrected chi connectivity index (χ3v) is 3.15. The summed E-state index contributed by atoms with van der Waals surface area (Å²) >= 11 is 2.09. The zero-order valence-corrected chi connectivity index (χ0v) is 11.0. The van der Waals surface area contributed by atoms with Gasteiger partial charge in [0.2, 0.25) is 0 Å². The summed E-state index contributed by atoms with van der Waals surface area (Å²) < 4.78 is 5.57. The second-order valence-electron chi connectivity index (χ2n) is 3.71. The number of carbonyl (C=O) groups excluding carboxylic acids is 1. The third kappa shape index (κ3) is 2.39. The number of halogens is 1. The van der Waals surface area contributed by atoms with Gasteiger partial charge in [0.15, 0.2) is 0 Å². The fraction of sp³-hybridized carbons (Fsp3) is 0.400. The van der Waals surface area contributed by atoms with Gasteiger partial charge in [-0.25, -0.2) is 4.98 Å². The molecular formula is C10H13IN2O2. The predicted octanol–water partition coefficient (Wildman–Crippen LogP) is 1.72. The topological polar surface area (TPSA) is 65.2 Å². The van der Waals surface area contributed by atoms with Crippen LogP contribution in [0.1, 0.15) is 19.4 Å². The SMILES string of the molecule is COC(=O)C(C)(C)c1cnc(N)c(I)c1. The van der Waals surface area contributed by atoms with E-state index in [1.54, 1.807) is 20.0 Å². The van der Waals surface area contributed by atoms with Crippen molar-refractivity contribution in [1.29, 1.82) is 0 Å². The van der Waals surface area contributed by atoms with Crippen molar-refractivity contribution in [3.05, 3.63) is 21.4 Å². The van der Waals surface area contributed by atoms with Crippen LogP contribution in [0.4, 0.5) is 5.82 Å². The van der Waals surface area contributed by atoms with Gasteiger partial charge in [-0.2, -0.15) is 0 Å². The molecule has 5 heteroatoms. The molecule has 0 spiro atoms. The highest BCUT2D eigenvalue weighted by atomic mass is 127. The Morgan fingerprint density at radius 1 is 1.60 bits per heavy atom. The summed E-state index contributed by atoms with van der Waals surface area (Å²) in [6, 6.07) is 1.85. The monoisotopic (exact) mass is 320 g/mol. The van der Waals surface area contributed by atoms with Crippen molar-refractivity contribution in [2.24, 2.45) is 0 Å². The van der Waals surface area contributed by atoms with Gasteiger partial charge in [0.05, 0.1) is 16.1 Å². The zero-order chi connectivity index (χ0) is 11.6. The standard InChI is InChI=1S/C10H13IN2O2/c1-10(2,9(14)15-3)6-4-7(11)8(12)13-5-6/h4-5H,1-3H3,(H2,12,13). The van der Waals surface area contributed by atoms with E-state index >= 15 is 0 Å². The van der Waals surface area contributed by atoms with Crippen LogP contribution in [0, 0.1) is 3.57 Å². The summed E-state index contributed by atoms with van der Waals surface area (Å²) in [6.45, 7) is 3.59. The van der Waals surface area contributed by atoms with Crippen molar-refractivity contribution in [1.82, 2.24) is 4.98 Å². The largest absolute Gasteiger partial charge is 0.468 e. The Labute approximate surface area is 102 Å². The number of nitrogens with two attached hydrogens (primary N) is 1. The van der Waals surface area contributed by atoms with Crippen molar-refractivity contribution in [2.45, 2.75) is 19.3 Å². The Morgan fingerprint density at radius 2 is 2.20 bits per heavy atom. The van der Waals surface area contributed by atoms with Crippen molar-refractivity contribution in [2.75, 3.05) is 12.8 Å². The van der Waals surface area contributed by atoms with E-state index in [0.29, 0.717) is 5.82 Å². The highest BCUT2D eigenvalue weighted by Gasteiger charge is 2.31. The van der Waals surface area contributed by atoms with Crippen LogP contribution in [0.2, 0.25) is 0 Å². The molecule has 0 saturated carbocycles. The zero-order valence-electron chi connectivity index (χ0n) is 8.87. The minimum Gasteiger partial charge on any atom is -0.468 e. The molecule has 0 aliphatic heterocycles. The molecule has 1 aromatic heterocycles. The maximum Gasteiger partial charge on any atom is 0.315 e. The number of nitrogen functional groups attached to an aromatic ring is 1. The number of esters is 1. The lowest BCUT2D eigenvalue weighted by Gasteiger charge is -2.21. The number of pyridine rings is 1. The number of ether oxygens (including phenoxy) is 1. The van der Waals surface area contributed by atoms with E-state index < -0.39 is 5.41 Å². The predicted molar refractivity (Wildman–Crippen MR) is 66.4 cm³/mol. The smallest absolute Gasteiger partial charge is 0.315 e. The molecule has 4 nitrogen and oxygen atoms in total. The lowest BCUT2D eigenvalue weighted by molar-refractivity contribution is -0.146. The Hall–Kier alpha value is -0.850. The average Bonchev–Trinajstić information content (AvgIpc) is 2.20. The van der Waals surface area contributed by atoms with Crippen LogP contribution in [-0.2, 0) is 14.9 Å². The Balaban J connectivity index is 3.16. The van der Waals surface area contributed by atoms with Crippen LogP contribution in [0.3, 0.4) is 0 Å². The Bertz CT molecular complexity index is 391. The van der Waals surface area contributed by atoms with Gasteiger partial charge in [0.25, 0.3) is 0 Å². The maximum atomic E-state index is 11.5. The van der Waals surface area contributed by atoms with Crippen molar-refractivity contribution in [3.8, 4) is 0 Å². The number of carbonyl (C=O) groups is 1. The highest BCUT2D eigenvalue weighted by Crippen LogP contribution is 2.26. The normalized spacial score (nSPS) is 11.2. The fourth-order valence-corrected chi connectivity index (χ4v) is 1.64. The number of rotatable bonds is 2. The molecule has 0 radical (unpaired) electrons. The first-order valence-electron chi connectivity index (χ1n) is 4.39. The van der Waals surface area contributed by atoms with Gasteiger partial charge >= 0.3 is 5.97 Å². The van der Waals surface area contributed by atoms with E-state index in [-0.39, 0.29) is 5.97 Å². The minimum atomic E-state index is -0.699. The Morgan fingerprint density at radius 3 is 2.67 bits per heavy atom. The number of methoxy groups -OCH3 is 1. The van der Waals surface area contributed by atoms with Gasteiger partial charge in [-0.05, 0) is 48.1 Å². The van der Waals surface area contributed by atoms with E-state index in [2.05, 4.69) is 27.6 Å². The molecule has 0 aliphatic rings. The number of hydrogen-bond acceptors (Lipinski definition) is 4. The van der Waals surface area contributed by atoms with E-state index in [4.69, 9.17) is 10.5 Å². The molecule has 0 saturated heterocycles. The van der Waals surface area contributed by atoms with Crippen LogP contribution < -0.4 is 5.73 Å². The quantitative estimate of drug-likeness (QED) is 0.666.